The number of rotatable bonds is 13. The Morgan fingerprint density at radius 3 is 2.28 bits per heavy atom. The topological polar surface area (TPSA) is 73.2 Å². The van der Waals surface area contributed by atoms with E-state index < -0.39 is 23.9 Å². The van der Waals surface area contributed by atoms with Crippen molar-refractivity contribution in [1.82, 2.24) is 9.80 Å². The fourth-order valence-corrected chi connectivity index (χ4v) is 4.74. The summed E-state index contributed by atoms with van der Waals surface area (Å²) in [6, 6.07) is 12.0. The number of aliphatic hydroxyl groups is 2. The molecule has 2 aromatic rings. The minimum Gasteiger partial charge on any atom is -0.507 e. The molecule has 0 radical (unpaired) electrons. The van der Waals surface area contributed by atoms with E-state index in [9.17, 15) is 19.4 Å². The number of Topliss-reactive ketones (excluding diaryl/α,β-unsaturated/α-hetero) is 1. The number of benzene rings is 2. The quantitative estimate of drug-likeness (QED) is 0.287. The number of methoxy groups -OCH3 is 1. The van der Waals surface area contributed by atoms with Crippen LogP contribution in [0.15, 0.2) is 54.1 Å². The van der Waals surface area contributed by atoms with Crippen molar-refractivity contribution in [2.45, 2.75) is 58.2 Å². The van der Waals surface area contributed by atoms with Crippen molar-refractivity contribution in [1.29, 1.82) is 0 Å². The Labute approximate surface area is 214 Å². The van der Waals surface area contributed by atoms with Gasteiger partial charge >= 0.3 is 0 Å². The summed E-state index contributed by atoms with van der Waals surface area (Å²) in [5.41, 5.74) is 1.17. The summed E-state index contributed by atoms with van der Waals surface area (Å²) in [6.07, 6.45) is 3.94. The zero-order chi connectivity index (χ0) is 26.1. The number of halogens is 1. The first-order valence-electron chi connectivity index (χ1n) is 12.9. The molecular weight excluding hydrogens is 459 g/mol. The van der Waals surface area contributed by atoms with Gasteiger partial charge in [-0.2, -0.15) is 0 Å². The normalized spacial score (nSPS) is 19.8. The van der Waals surface area contributed by atoms with Crippen LogP contribution in [-0.2, 0) is 4.79 Å². The molecule has 1 heterocycles. The van der Waals surface area contributed by atoms with E-state index in [1.807, 2.05) is 24.3 Å². The number of ether oxygens (including phenoxy) is 1. The van der Waals surface area contributed by atoms with Crippen molar-refractivity contribution in [3.63, 3.8) is 0 Å². The predicted molar refractivity (Wildman–Crippen MR) is 140 cm³/mol. The Balaban J connectivity index is 1.92. The summed E-state index contributed by atoms with van der Waals surface area (Å²) in [7, 11) is 1.57. The van der Waals surface area contributed by atoms with Crippen molar-refractivity contribution in [2.75, 3.05) is 33.3 Å². The first-order chi connectivity index (χ1) is 17.4. The Morgan fingerprint density at radius 1 is 1.03 bits per heavy atom. The van der Waals surface area contributed by atoms with Gasteiger partial charge in [-0.3, -0.25) is 9.69 Å². The van der Waals surface area contributed by atoms with Gasteiger partial charge in [-0.25, -0.2) is 4.39 Å². The second-order valence-corrected chi connectivity index (χ2v) is 9.33. The molecule has 2 atom stereocenters. The van der Waals surface area contributed by atoms with Gasteiger partial charge in [0.05, 0.1) is 18.7 Å². The molecule has 0 bridgehead atoms. The molecule has 0 amide bonds. The zero-order valence-corrected chi connectivity index (χ0v) is 21.6. The standard InChI is InChI=1S/C29H39FN2O4/c1-4-6-16-31(17-7-5-2)18-9-19-32-26(22-10-8-11-24(20-22)36-3)25(28(34)29(32)35)27(33)21-12-14-23(30)15-13-21/h8,10-15,20,26,29,33,35H,4-7,9,16-19H2,1-3H3/t26-,29-/m1/s1. The number of carbonyl (C=O) groups is 1. The number of aliphatic hydroxyl groups excluding tert-OH is 2. The van der Waals surface area contributed by atoms with Gasteiger partial charge in [-0.15, -0.1) is 0 Å². The van der Waals surface area contributed by atoms with Gasteiger partial charge in [0.2, 0.25) is 5.78 Å². The highest BCUT2D eigenvalue weighted by molar-refractivity contribution is 6.07. The highest BCUT2D eigenvalue weighted by Crippen LogP contribution is 2.41. The highest BCUT2D eigenvalue weighted by atomic mass is 19.1. The second kappa shape index (κ2) is 13.5. The third-order valence-electron chi connectivity index (χ3n) is 6.75. The summed E-state index contributed by atoms with van der Waals surface area (Å²) in [6.45, 7) is 7.78. The van der Waals surface area contributed by atoms with Crippen molar-refractivity contribution in [3.05, 3.63) is 71.0 Å². The van der Waals surface area contributed by atoms with Crippen LogP contribution in [0.2, 0.25) is 0 Å². The number of ketones is 1. The number of likely N-dealkylation sites (tertiary alicyclic amines) is 1. The number of nitrogens with zero attached hydrogens (tertiary/aromatic N) is 2. The molecule has 1 saturated heterocycles. The summed E-state index contributed by atoms with van der Waals surface area (Å²) in [4.78, 5) is 17.5. The van der Waals surface area contributed by atoms with Gasteiger partial charge in [0.15, 0.2) is 6.23 Å². The number of carbonyl (C=O) groups excluding carboxylic acids is 1. The van der Waals surface area contributed by atoms with Crippen molar-refractivity contribution < 1.29 is 24.1 Å². The van der Waals surface area contributed by atoms with Crippen LogP contribution >= 0.6 is 0 Å². The summed E-state index contributed by atoms with van der Waals surface area (Å²) < 4.78 is 18.9. The molecule has 1 aliphatic rings. The van der Waals surface area contributed by atoms with Crippen LogP contribution in [0.3, 0.4) is 0 Å². The number of hydrogen-bond donors (Lipinski definition) is 2. The lowest BCUT2D eigenvalue weighted by atomic mass is 9.95. The van der Waals surface area contributed by atoms with Crippen LogP contribution in [-0.4, -0.2) is 65.3 Å². The minimum absolute atomic E-state index is 0.108. The van der Waals surface area contributed by atoms with Crippen molar-refractivity contribution >= 4 is 11.5 Å². The van der Waals surface area contributed by atoms with Crippen LogP contribution in [0.25, 0.3) is 5.76 Å². The van der Waals surface area contributed by atoms with E-state index in [2.05, 4.69) is 18.7 Å². The van der Waals surface area contributed by atoms with Gasteiger partial charge in [-0.05, 0) is 80.9 Å². The molecule has 0 unspecified atom stereocenters. The van der Waals surface area contributed by atoms with Gasteiger partial charge in [0.25, 0.3) is 0 Å². The molecule has 36 heavy (non-hydrogen) atoms. The summed E-state index contributed by atoms with van der Waals surface area (Å²) in [5, 5.41) is 22.1. The summed E-state index contributed by atoms with van der Waals surface area (Å²) in [5.74, 6) is -0.608. The van der Waals surface area contributed by atoms with Crippen LogP contribution in [0.5, 0.6) is 5.75 Å². The fourth-order valence-electron chi connectivity index (χ4n) is 4.74. The molecule has 0 aromatic heterocycles. The first kappa shape index (κ1) is 27.8. The molecule has 0 aliphatic carbocycles. The van der Waals surface area contributed by atoms with E-state index in [0.29, 0.717) is 17.9 Å². The SMILES string of the molecule is CCCCN(CCCC)CCCN1[C@H](O)C(=O)C(=C(O)c2ccc(F)cc2)[C@H]1c1cccc(OC)c1. The van der Waals surface area contributed by atoms with E-state index in [4.69, 9.17) is 4.74 Å². The molecule has 1 fully saturated rings. The largest absolute Gasteiger partial charge is 0.507 e. The third-order valence-corrected chi connectivity index (χ3v) is 6.75. The van der Waals surface area contributed by atoms with Crippen LogP contribution in [0.4, 0.5) is 4.39 Å². The zero-order valence-electron chi connectivity index (χ0n) is 21.6. The Bertz CT molecular complexity index is 1020. The lowest BCUT2D eigenvalue weighted by Crippen LogP contribution is -2.37. The molecule has 6 nitrogen and oxygen atoms in total. The lowest BCUT2D eigenvalue weighted by Gasteiger charge is -2.29. The monoisotopic (exact) mass is 498 g/mol. The average molecular weight is 499 g/mol. The minimum atomic E-state index is -1.38. The maximum Gasteiger partial charge on any atom is 0.208 e. The molecule has 7 heteroatoms. The molecule has 3 rings (SSSR count). The van der Waals surface area contributed by atoms with E-state index in [0.717, 1.165) is 57.3 Å². The summed E-state index contributed by atoms with van der Waals surface area (Å²) >= 11 is 0. The lowest BCUT2D eigenvalue weighted by molar-refractivity contribution is -0.127. The van der Waals surface area contributed by atoms with Crippen LogP contribution in [0, 0.1) is 5.82 Å². The van der Waals surface area contributed by atoms with E-state index in [1.54, 1.807) is 12.0 Å². The molecule has 1 aliphatic heterocycles. The molecular formula is C29H39FN2O4. The molecule has 0 saturated carbocycles. The highest BCUT2D eigenvalue weighted by Gasteiger charge is 2.46. The van der Waals surface area contributed by atoms with Gasteiger partial charge in [0.1, 0.15) is 17.3 Å². The molecule has 0 spiro atoms. The second-order valence-electron chi connectivity index (χ2n) is 9.33. The Hall–Kier alpha value is -2.74. The van der Waals surface area contributed by atoms with Gasteiger partial charge in [0, 0.05) is 12.1 Å². The maximum atomic E-state index is 13.5. The van der Waals surface area contributed by atoms with E-state index >= 15 is 0 Å². The van der Waals surface area contributed by atoms with Crippen LogP contribution < -0.4 is 4.74 Å². The van der Waals surface area contributed by atoms with Crippen molar-refractivity contribution in [2.24, 2.45) is 0 Å². The van der Waals surface area contributed by atoms with E-state index in [1.165, 1.54) is 24.3 Å². The molecule has 2 N–H and O–H groups in total. The number of hydrogen-bond acceptors (Lipinski definition) is 6. The molecule has 2 aromatic carbocycles. The Morgan fingerprint density at radius 2 is 1.67 bits per heavy atom. The van der Waals surface area contributed by atoms with Crippen molar-refractivity contribution in [3.8, 4) is 5.75 Å². The maximum absolute atomic E-state index is 13.5. The smallest absolute Gasteiger partial charge is 0.208 e. The third kappa shape index (κ3) is 6.72. The van der Waals surface area contributed by atoms with Gasteiger partial charge < -0.3 is 19.8 Å². The van der Waals surface area contributed by atoms with E-state index in [-0.39, 0.29) is 11.3 Å². The molecule has 196 valence electrons. The average Bonchev–Trinajstić information content (AvgIpc) is 3.15. The predicted octanol–water partition coefficient (Wildman–Crippen LogP) is 5.34. The van der Waals surface area contributed by atoms with Gasteiger partial charge in [-0.1, -0.05) is 38.8 Å². The Kier molecular flexibility index (Phi) is 10.5. The first-order valence-corrected chi connectivity index (χ1v) is 12.9. The van der Waals surface area contributed by atoms with Crippen LogP contribution in [0.1, 0.15) is 63.1 Å². The number of unbranched alkanes of at least 4 members (excludes halogenated alkanes) is 2. The fraction of sp³-hybridized carbons (Fsp3) is 0.483.